The van der Waals surface area contributed by atoms with Gasteiger partial charge in [0.25, 0.3) is 0 Å². The Morgan fingerprint density at radius 2 is 2.25 bits per heavy atom. The fraction of sp³-hybridized carbons (Fsp3) is 0.667. The quantitative estimate of drug-likeness (QED) is 0.789. The third-order valence-electron chi connectivity index (χ3n) is 4.12. The van der Waals surface area contributed by atoms with E-state index in [4.69, 9.17) is 10.5 Å². The number of hydrogen-bond donors (Lipinski definition) is 1. The monoisotopic (exact) mass is 341 g/mol. The molecule has 1 aliphatic carbocycles. The normalized spacial score (nSPS) is 18.2. The van der Waals surface area contributed by atoms with E-state index >= 15 is 0 Å². The fourth-order valence-corrected chi connectivity index (χ4v) is 3.15. The first-order chi connectivity index (χ1) is 9.67. The second-order valence-corrected chi connectivity index (χ2v) is 6.41. The van der Waals surface area contributed by atoms with Gasteiger partial charge in [0, 0.05) is 49.1 Å². The summed E-state index contributed by atoms with van der Waals surface area (Å²) in [6, 6.07) is 2.85. The number of pyridine rings is 1. The van der Waals surface area contributed by atoms with E-state index in [9.17, 15) is 0 Å². The van der Waals surface area contributed by atoms with Crippen LogP contribution in [-0.4, -0.2) is 42.7 Å². The maximum Gasteiger partial charge on any atom is 0.0590 e. The predicted molar refractivity (Wildman–Crippen MR) is 84.5 cm³/mol. The van der Waals surface area contributed by atoms with Crippen molar-refractivity contribution in [3.63, 3.8) is 0 Å². The third kappa shape index (κ3) is 4.01. The summed E-state index contributed by atoms with van der Waals surface area (Å²) in [6.45, 7) is 4.54. The first-order valence-electron chi connectivity index (χ1n) is 7.22. The van der Waals surface area contributed by atoms with E-state index in [1.807, 2.05) is 6.20 Å². The first kappa shape index (κ1) is 15.9. The summed E-state index contributed by atoms with van der Waals surface area (Å²) in [5, 5.41) is 0. The molecular formula is C15H24BrN3O. The van der Waals surface area contributed by atoms with Gasteiger partial charge in [-0.15, -0.1) is 0 Å². The Morgan fingerprint density at radius 1 is 1.50 bits per heavy atom. The average Bonchev–Trinajstić information content (AvgIpc) is 3.27. The number of hydrogen-bond acceptors (Lipinski definition) is 4. The zero-order valence-electron chi connectivity index (χ0n) is 12.3. The Balaban J connectivity index is 2.18. The Labute approximate surface area is 129 Å². The highest BCUT2D eigenvalue weighted by Gasteiger charge is 2.35. The lowest BCUT2D eigenvalue weighted by Gasteiger charge is -2.36. The molecule has 1 heterocycles. The molecule has 1 fully saturated rings. The highest BCUT2D eigenvalue weighted by molar-refractivity contribution is 9.10. The van der Waals surface area contributed by atoms with Gasteiger partial charge in [0.15, 0.2) is 0 Å². The summed E-state index contributed by atoms with van der Waals surface area (Å²) in [4.78, 5) is 6.75. The van der Waals surface area contributed by atoms with Crippen molar-refractivity contribution < 1.29 is 4.74 Å². The van der Waals surface area contributed by atoms with Crippen LogP contribution in [-0.2, 0) is 4.74 Å². The number of nitrogens with two attached hydrogens (primary N) is 1. The van der Waals surface area contributed by atoms with E-state index in [1.165, 1.54) is 18.4 Å². The van der Waals surface area contributed by atoms with Crippen molar-refractivity contribution >= 4 is 15.9 Å². The molecule has 2 atom stereocenters. The fourth-order valence-electron chi connectivity index (χ4n) is 2.76. The molecule has 0 radical (unpaired) electrons. The number of halogens is 1. The predicted octanol–water partition coefficient (Wildman–Crippen LogP) is 2.59. The molecule has 1 aromatic rings. The van der Waals surface area contributed by atoms with Gasteiger partial charge < -0.3 is 10.5 Å². The summed E-state index contributed by atoms with van der Waals surface area (Å²) >= 11 is 3.49. The molecule has 1 saturated carbocycles. The molecule has 112 valence electrons. The van der Waals surface area contributed by atoms with Crippen molar-refractivity contribution in [3.05, 3.63) is 28.5 Å². The largest absolute Gasteiger partial charge is 0.383 e. The molecule has 2 N–H and O–H groups in total. The van der Waals surface area contributed by atoms with Crippen molar-refractivity contribution in [2.75, 3.05) is 26.8 Å². The lowest BCUT2D eigenvalue weighted by atomic mass is 10.0. The van der Waals surface area contributed by atoms with Crippen LogP contribution in [0.25, 0.3) is 0 Å². The van der Waals surface area contributed by atoms with Gasteiger partial charge in [0.1, 0.15) is 0 Å². The van der Waals surface area contributed by atoms with Crippen LogP contribution in [0.5, 0.6) is 0 Å². The van der Waals surface area contributed by atoms with E-state index in [1.54, 1.807) is 13.3 Å². The number of nitrogens with zero attached hydrogens (tertiary/aromatic N) is 2. The molecule has 0 saturated heterocycles. The van der Waals surface area contributed by atoms with Crippen LogP contribution >= 0.6 is 15.9 Å². The smallest absolute Gasteiger partial charge is 0.0590 e. The molecular weight excluding hydrogens is 318 g/mol. The summed E-state index contributed by atoms with van der Waals surface area (Å²) < 4.78 is 6.27. The summed E-state index contributed by atoms with van der Waals surface area (Å²) in [7, 11) is 1.75. The molecule has 1 aromatic heterocycles. The molecule has 0 aliphatic heterocycles. The second kappa shape index (κ2) is 7.50. The van der Waals surface area contributed by atoms with E-state index in [0.717, 1.165) is 23.5 Å². The lowest BCUT2D eigenvalue weighted by Crippen LogP contribution is -2.43. The van der Waals surface area contributed by atoms with Crippen LogP contribution in [0, 0.1) is 5.92 Å². The summed E-state index contributed by atoms with van der Waals surface area (Å²) in [6.07, 6.45) is 6.39. The van der Waals surface area contributed by atoms with Gasteiger partial charge in [-0.25, -0.2) is 0 Å². The van der Waals surface area contributed by atoms with Gasteiger partial charge in [0.05, 0.1) is 6.61 Å². The van der Waals surface area contributed by atoms with Gasteiger partial charge in [-0.2, -0.15) is 0 Å². The SMILES string of the molecule is COCCN(C(CN)c1cncc(Br)c1)C(C)C1CC1. The topological polar surface area (TPSA) is 51.4 Å². The van der Waals surface area contributed by atoms with Crippen LogP contribution in [0.1, 0.15) is 31.4 Å². The van der Waals surface area contributed by atoms with Gasteiger partial charge in [-0.3, -0.25) is 9.88 Å². The minimum Gasteiger partial charge on any atom is -0.383 e. The number of rotatable bonds is 8. The standard InChI is InChI=1S/C15H24BrN3O/c1-11(12-3-4-12)19(5-6-20-2)15(8-17)13-7-14(16)10-18-9-13/h7,9-12,15H,3-6,8,17H2,1-2H3. The van der Waals surface area contributed by atoms with E-state index in [0.29, 0.717) is 12.6 Å². The zero-order chi connectivity index (χ0) is 14.5. The molecule has 5 heteroatoms. The van der Waals surface area contributed by atoms with Crippen molar-refractivity contribution in [2.24, 2.45) is 11.7 Å². The number of aromatic nitrogens is 1. The van der Waals surface area contributed by atoms with Crippen LogP contribution < -0.4 is 5.73 Å². The van der Waals surface area contributed by atoms with E-state index < -0.39 is 0 Å². The molecule has 0 amide bonds. The molecule has 2 unspecified atom stereocenters. The molecule has 2 rings (SSSR count). The Morgan fingerprint density at radius 3 is 2.80 bits per heavy atom. The highest BCUT2D eigenvalue weighted by Crippen LogP contribution is 2.38. The van der Waals surface area contributed by atoms with Crippen LogP contribution in [0.15, 0.2) is 22.9 Å². The van der Waals surface area contributed by atoms with Crippen molar-refractivity contribution in [3.8, 4) is 0 Å². The lowest BCUT2D eigenvalue weighted by molar-refractivity contribution is 0.0833. The zero-order valence-corrected chi connectivity index (χ0v) is 13.8. The van der Waals surface area contributed by atoms with Crippen molar-refractivity contribution in [1.82, 2.24) is 9.88 Å². The molecule has 0 spiro atoms. The average molecular weight is 342 g/mol. The minimum atomic E-state index is 0.200. The molecule has 0 aromatic carbocycles. The van der Waals surface area contributed by atoms with Crippen LogP contribution in [0.4, 0.5) is 0 Å². The summed E-state index contributed by atoms with van der Waals surface area (Å²) in [5.41, 5.74) is 7.23. The second-order valence-electron chi connectivity index (χ2n) is 5.50. The van der Waals surface area contributed by atoms with Gasteiger partial charge in [-0.05, 0) is 53.2 Å². The van der Waals surface area contributed by atoms with Crippen molar-refractivity contribution in [2.45, 2.75) is 31.8 Å². The van der Waals surface area contributed by atoms with E-state index in [2.05, 4.69) is 38.8 Å². The molecule has 0 bridgehead atoms. The Bertz CT molecular complexity index is 425. The maximum atomic E-state index is 6.06. The minimum absolute atomic E-state index is 0.200. The number of ether oxygens (including phenoxy) is 1. The van der Waals surface area contributed by atoms with Crippen LogP contribution in [0.2, 0.25) is 0 Å². The van der Waals surface area contributed by atoms with Crippen LogP contribution in [0.3, 0.4) is 0 Å². The van der Waals surface area contributed by atoms with Gasteiger partial charge >= 0.3 is 0 Å². The Hall–Kier alpha value is -0.490. The molecule has 4 nitrogen and oxygen atoms in total. The maximum absolute atomic E-state index is 6.06. The molecule has 20 heavy (non-hydrogen) atoms. The van der Waals surface area contributed by atoms with E-state index in [-0.39, 0.29) is 6.04 Å². The molecule has 1 aliphatic rings. The van der Waals surface area contributed by atoms with Gasteiger partial charge in [-0.1, -0.05) is 0 Å². The van der Waals surface area contributed by atoms with Gasteiger partial charge in [0.2, 0.25) is 0 Å². The summed E-state index contributed by atoms with van der Waals surface area (Å²) in [5.74, 6) is 0.806. The number of methoxy groups -OCH3 is 1. The highest BCUT2D eigenvalue weighted by atomic mass is 79.9. The third-order valence-corrected chi connectivity index (χ3v) is 4.55. The Kier molecular flexibility index (Phi) is 5.96. The first-order valence-corrected chi connectivity index (χ1v) is 8.01. The van der Waals surface area contributed by atoms with Crippen molar-refractivity contribution in [1.29, 1.82) is 0 Å².